The molecular weight excluding hydrogens is 234 g/mol. The molecule has 1 aromatic rings. The van der Waals surface area contributed by atoms with Crippen LogP contribution in [0.15, 0.2) is 18.2 Å². The smallest absolute Gasteiger partial charge is 0.305 e. The lowest BCUT2D eigenvalue weighted by Gasteiger charge is -2.08. The molecule has 2 N–H and O–H groups in total. The highest BCUT2D eigenvalue weighted by Crippen LogP contribution is 2.30. The standard InChI is InChI=1S/C12H15N3O3/c1-13-10-4-2-3-9(11(10)15(17)18)12(16)14-7-8-5-6-8/h2-4,8,13H,5-7H2,1H3,(H,14,16). The Morgan fingerprint density at radius 1 is 1.50 bits per heavy atom. The highest BCUT2D eigenvalue weighted by molar-refractivity contribution is 6.00. The van der Waals surface area contributed by atoms with Crippen LogP contribution in [0.4, 0.5) is 11.4 Å². The normalized spacial score (nSPS) is 14.1. The number of anilines is 1. The third-order valence-electron chi connectivity index (χ3n) is 2.98. The second-order valence-electron chi connectivity index (χ2n) is 4.36. The van der Waals surface area contributed by atoms with Gasteiger partial charge in [-0.25, -0.2) is 0 Å². The Hall–Kier alpha value is -2.11. The Morgan fingerprint density at radius 2 is 2.22 bits per heavy atom. The van der Waals surface area contributed by atoms with Gasteiger partial charge in [0, 0.05) is 13.6 Å². The van der Waals surface area contributed by atoms with E-state index in [0.29, 0.717) is 18.2 Å². The van der Waals surface area contributed by atoms with Crippen molar-refractivity contribution in [3.05, 3.63) is 33.9 Å². The van der Waals surface area contributed by atoms with Crippen molar-refractivity contribution in [1.29, 1.82) is 0 Å². The first-order valence-electron chi connectivity index (χ1n) is 5.87. The Morgan fingerprint density at radius 3 is 2.78 bits per heavy atom. The zero-order valence-corrected chi connectivity index (χ0v) is 10.1. The molecule has 18 heavy (non-hydrogen) atoms. The van der Waals surface area contributed by atoms with Gasteiger partial charge in [-0.2, -0.15) is 0 Å². The zero-order valence-electron chi connectivity index (χ0n) is 10.1. The fourth-order valence-corrected chi connectivity index (χ4v) is 1.78. The lowest BCUT2D eigenvalue weighted by atomic mass is 10.1. The molecule has 6 heteroatoms. The molecule has 0 unspecified atom stereocenters. The van der Waals surface area contributed by atoms with Crippen molar-refractivity contribution in [2.45, 2.75) is 12.8 Å². The molecule has 0 aromatic heterocycles. The molecule has 0 radical (unpaired) electrons. The summed E-state index contributed by atoms with van der Waals surface area (Å²) in [7, 11) is 1.59. The molecule has 0 heterocycles. The van der Waals surface area contributed by atoms with Crippen molar-refractivity contribution in [2.75, 3.05) is 18.9 Å². The highest BCUT2D eigenvalue weighted by atomic mass is 16.6. The largest absolute Gasteiger partial charge is 0.383 e. The third-order valence-corrected chi connectivity index (χ3v) is 2.98. The molecule has 1 aromatic carbocycles. The molecule has 0 saturated heterocycles. The molecule has 0 bridgehead atoms. The average Bonchev–Trinajstić information content (AvgIpc) is 3.18. The van der Waals surface area contributed by atoms with Gasteiger partial charge in [0.2, 0.25) is 0 Å². The number of nitro benzene ring substituents is 1. The van der Waals surface area contributed by atoms with Gasteiger partial charge in [-0.3, -0.25) is 14.9 Å². The maximum atomic E-state index is 11.9. The van der Waals surface area contributed by atoms with E-state index in [1.807, 2.05) is 0 Å². The molecule has 1 aliphatic carbocycles. The number of nitro groups is 1. The maximum absolute atomic E-state index is 11.9. The molecule has 0 atom stereocenters. The Bertz CT molecular complexity index is 483. The molecule has 1 saturated carbocycles. The molecule has 1 aliphatic rings. The number of carbonyl (C=O) groups is 1. The minimum absolute atomic E-state index is 0.104. The third kappa shape index (κ3) is 2.58. The average molecular weight is 249 g/mol. The summed E-state index contributed by atoms with van der Waals surface area (Å²) in [6.45, 7) is 0.597. The van der Waals surface area contributed by atoms with E-state index in [4.69, 9.17) is 0 Å². The van der Waals surface area contributed by atoms with Crippen LogP contribution in [0.5, 0.6) is 0 Å². The van der Waals surface area contributed by atoms with E-state index >= 15 is 0 Å². The number of nitrogens with zero attached hydrogens (tertiary/aromatic N) is 1. The van der Waals surface area contributed by atoms with Gasteiger partial charge >= 0.3 is 5.69 Å². The monoisotopic (exact) mass is 249 g/mol. The second-order valence-corrected chi connectivity index (χ2v) is 4.36. The Labute approximate surface area is 105 Å². The summed E-state index contributed by atoms with van der Waals surface area (Å²) in [6, 6.07) is 4.68. The number of benzene rings is 1. The number of hydrogen-bond donors (Lipinski definition) is 2. The first-order valence-corrected chi connectivity index (χ1v) is 5.87. The van der Waals surface area contributed by atoms with Crippen LogP contribution in [-0.4, -0.2) is 24.4 Å². The highest BCUT2D eigenvalue weighted by Gasteiger charge is 2.26. The van der Waals surface area contributed by atoms with Gasteiger partial charge in [0.1, 0.15) is 11.3 Å². The molecule has 2 rings (SSSR count). The van der Waals surface area contributed by atoms with Crippen molar-refractivity contribution < 1.29 is 9.72 Å². The number of hydrogen-bond acceptors (Lipinski definition) is 4. The summed E-state index contributed by atoms with van der Waals surface area (Å²) >= 11 is 0. The Balaban J connectivity index is 2.24. The van der Waals surface area contributed by atoms with E-state index in [2.05, 4.69) is 10.6 Å². The first-order chi connectivity index (χ1) is 8.63. The molecule has 0 spiro atoms. The summed E-state index contributed by atoms with van der Waals surface area (Å²) in [5.41, 5.74) is 0.278. The second kappa shape index (κ2) is 5.03. The van der Waals surface area contributed by atoms with Gasteiger partial charge in [-0.1, -0.05) is 6.07 Å². The van der Waals surface area contributed by atoms with Crippen LogP contribution in [0.25, 0.3) is 0 Å². The fraction of sp³-hybridized carbons (Fsp3) is 0.417. The predicted octanol–water partition coefficient (Wildman–Crippen LogP) is 1.78. The van der Waals surface area contributed by atoms with Crippen molar-refractivity contribution >= 4 is 17.3 Å². The summed E-state index contributed by atoms with van der Waals surface area (Å²) in [5, 5.41) is 16.5. The van der Waals surface area contributed by atoms with Crippen LogP contribution >= 0.6 is 0 Å². The van der Waals surface area contributed by atoms with Crippen molar-refractivity contribution in [2.24, 2.45) is 5.92 Å². The van der Waals surface area contributed by atoms with Crippen LogP contribution in [0, 0.1) is 16.0 Å². The van der Waals surface area contributed by atoms with Gasteiger partial charge in [0.25, 0.3) is 5.91 Å². The van der Waals surface area contributed by atoms with Crippen LogP contribution < -0.4 is 10.6 Å². The maximum Gasteiger partial charge on any atom is 0.305 e. The number of nitrogens with one attached hydrogen (secondary N) is 2. The summed E-state index contributed by atoms with van der Waals surface area (Å²) in [4.78, 5) is 22.4. The van der Waals surface area contributed by atoms with Gasteiger partial charge in [0.15, 0.2) is 0 Å². The molecular formula is C12H15N3O3. The van der Waals surface area contributed by atoms with Gasteiger partial charge in [-0.05, 0) is 30.9 Å². The van der Waals surface area contributed by atoms with E-state index in [1.54, 1.807) is 19.2 Å². The molecule has 1 fully saturated rings. The lowest BCUT2D eigenvalue weighted by molar-refractivity contribution is -0.384. The van der Waals surface area contributed by atoms with E-state index in [9.17, 15) is 14.9 Å². The Kier molecular flexibility index (Phi) is 3.45. The van der Waals surface area contributed by atoms with Crippen LogP contribution in [0.2, 0.25) is 0 Å². The van der Waals surface area contributed by atoms with E-state index in [0.717, 1.165) is 12.8 Å². The van der Waals surface area contributed by atoms with Gasteiger partial charge in [0.05, 0.1) is 4.92 Å². The van der Waals surface area contributed by atoms with Crippen LogP contribution in [0.3, 0.4) is 0 Å². The molecule has 96 valence electrons. The van der Waals surface area contributed by atoms with Crippen molar-refractivity contribution in [3.8, 4) is 0 Å². The number of para-hydroxylation sites is 1. The molecule has 6 nitrogen and oxygen atoms in total. The number of rotatable bonds is 5. The van der Waals surface area contributed by atoms with Gasteiger partial charge in [-0.15, -0.1) is 0 Å². The van der Waals surface area contributed by atoms with Gasteiger partial charge < -0.3 is 10.6 Å². The van der Waals surface area contributed by atoms with Crippen molar-refractivity contribution in [3.63, 3.8) is 0 Å². The predicted molar refractivity (Wildman–Crippen MR) is 67.7 cm³/mol. The molecule has 1 amide bonds. The minimum atomic E-state index is -0.530. The molecule has 0 aliphatic heterocycles. The fourth-order valence-electron chi connectivity index (χ4n) is 1.78. The number of carbonyl (C=O) groups excluding carboxylic acids is 1. The quantitative estimate of drug-likeness (QED) is 0.615. The SMILES string of the molecule is CNc1cccc(C(=O)NCC2CC2)c1[N+](=O)[O-]. The topological polar surface area (TPSA) is 84.3 Å². The van der Waals surface area contributed by atoms with E-state index in [-0.39, 0.29) is 17.2 Å². The van der Waals surface area contributed by atoms with Crippen LogP contribution in [-0.2, 0) is 0 Å². The van der Waals surface area contributed by atoms with E-state index in [1.165, 1.54) is 6.07 Å². The number of amides is 1. The van der Waals surface area contributed by atoms with Crippen LogP contribution in [0.1, 0.15) is 23.2 Å². The summed E-state index contributed by atoms with van der Waals surface area (Å²) < 4.78 is 0. The zero-order chi connectivity index (χ0) is 13.1. The van der Waals surface area contributed by atoms with Crippen molar-refractivity contribution in [1.82, 2.24) is 5.32 Å². The van der Waals surface area contributed by atoms with E-state index < -0.39 is 4.92 Å². The summed E-state index contributed by atoms with van der Waals surface area (Å²) in [5.74, 6) is 0.159. The minimum Gasteiger partial charge on any atom is -0.383 e. The summed E-state index contributed by atoms with van der Waals surface area (Å²) in [6.07, 6.45) is 2.25. The first kappa shape index (κ1) is 12.3. The lowest BCUT2D eigenvalue weighted by Crippen LogP contribution is -2.26.